The van der Waals surface area contributed by atoms with E-state index in [-0.39, 0.29) is 18.6 Å². The van der Waals surface area contributed by atoms with Gasteiger partial charge in [-0.05, 0) is 74.4 Å². The highest BCUT2D eigenvalue weighted by molar-refractivity contribution is 5.96. The number of benzene rings is 2. The van der Waals surface area contributed by atoms with Gasteiger partial charge in [-0.3, -0.25) is 9.69 Å². The molecule has 6 heteroatoms. The fourth-order valence-electron chi connectivity index (χ4n) is 6.27. The molecular formula is C29H33N3O3. The Hall–Kier alpha value is -3.09. The van der Waals surface area contributed by atoms with Gasteiger partial charge in [0.2, 0.25) is 0 Å². The molecule has 4 aromatic rings. The number of carbonyl (C=O) groups is 1. The van der Waals surface area contributed by atoms with E-state index in [1.165, 1.54) is 16.5 Å². The highest BCUT2D eigenvalue weighted by Gasteiger charge is 2.34. The molecule has 35 heavy (non-hydrogen) atoms. The zero-order valence-corrected chi connectivity index (χ0v) is 20.0. The molecule has 2 N–H and O–H groups in total. The van der Waals surface area contributed by atoms with E-state index in [4.69, 9.17) is 4.42 Å². The Kier molecular flexibility index (Phi) is 6.08. The van der Waals surface area contributed by atoms with Crippen LogP contribution >= 0.6 is 0 Å². The Morgan fingerprint density at radius 1 is 1.00 bits per heavy atom. The van der Waals surface area contributed by atoms with E-state index in [0.29, 0.717) is 30.7 Å². The van der Waals surface area contributed by atoms with Crippen LogP contribution in [0.2, 0.25) is 0 Å². The summed E-state index contributed by atoms with van der Waals surface area (Å²) in [5, 5.41) is 12.6. The van der Waals surface area contributed by atoms with E-state index in [0.717, 1.165) is 49.7 Å². The van der Waals surface area contributed by atoms with Crippen molar-refractivity contribution in [3.8, 4) is 0 Å². The molecule has 1 atom stereocenters. The summed E-state index contributed by atoms with van der Waals surface area (Å²) < 4.78 is 5.80. The zero-order valence-electron chi connectivity index (χ0n) is 20.0. The maximum atomic E-state index is 13.0. The minimum atomic E-state index is -0.0280. The number of aliphatic hydroxyl groups is 1. The molecule has 182 valence electrons. The molecule has 6 rings (SSSR count). The SMILES string of the molecule is O=C(c1cc2ccccc2o1)N1CCC(C(CO)N2CCC(c3c[nH]c4ccccc34)CC2)CC1. The monoisotopic (exact) mass is 471 g/mol. The summed E-state index contributed by atoms with van der Waals surface area (Å²) in [6, 6.07) is 18.3. The first kappa shape index (κ1) is 22.4. The third-order valence-electron chi connectivity index (χ3n) is 8.25. The topological polar surface area (TPSA) is 72.7 Å². The number of rotatable bonds is 5. The quantitative estimate of drug-likeness (QED) is 0.429. The van der Waals surface area contributed by atoms with Gasteiger partial charge in [-0.15, -0.1) is 0 Å². The van der Waals surface area contributed by atoms with E-state index >= 15 is 0 Å². The number of amides is 1. The highest BCUT2D eigenvalue weighted by atomic mass is 16.3. The van der Waals surface area contributed by atoms with Crippen LogP contribution in [0, 0.1) is 5.92 Å². The number of carbonyl (C=O) groups excluding carboxylic acids is 1. The first-order chi connectivity index (χ1) is 17.2. The number of aliphatic hydroxyl groups excluding tert-OH is 1. The lowest BCUT2D eigenvalue weighted by Gasteiger charge is -2.43. The fourth-order valence-corrected chi connectivity index (χ4v) is 6.27. The Labute approximate surface area is 205 Å². The maximum absolute atomic E-state index is 13.0. The third-order valence-corrected chi connectivity index (χ3v) is 8.25. The first-order valence-corrected chi connectivity index (χ1v) is 12.9. The van der Waals surface area contributed by atoms with Crippen LogP contribution in [-0.2, 0) is 0 Å². The number of aromatic amines is 1. The van der Waals surface area contributed by atoms with Gasteiger partial charge in [0.25, 0.3) is 5.91 Å². The molecule has 2 aromatic heterocycles. The van der Waals surface area contributed by atoms with Gasteiger partial charge < -0.3 is 19.4 Å². The first-order valence-electron chi connectivity index (χ1n) is 12.9. The summed E-state index contributed by atoms with van der Waals surface area (Å²) in [5.41, 5.74) is 3.39. The molecule has 2 aliphatic heterocycles. The molecule has 2 fully saturated rings. The van der Waals surface area contributed by atoms with Crippen molar-refractivity contribution in [1.29, 1.82) is 0 Å². The van der Waals surface area contributed by atoms with Crippen molar-refractivity contribution in [3.63, 3.8) is 0 Å². The van der Waals surface area contributed by atoms with Gasteiger partial charge in [-0.1, -0.05) is 36.4 Å². The van der Waals surface area contributed by atoms with Gasteiger partial charge in [0.05, 0.1) is 6.61 Å². The Bertz CT molecular complexity index is 1280. The summed E-state index contributed by atoms with van der Waals surface area (Å²) in [6.45, 7) is 3.62. The Morgan fingerprint density at radius 3 is 2.51 bits per heavy atom. The van der Waals surface area contributed by atoms with Crippen LogP contribution < -0.4 is 0 Å². The summed E-state index contributed by atoms with van der Waals surface area (Å²) in [7, 11) is 0. The lowest BCUT2D eigenvalue weighted by molar-refractivity contribution is 0.0303. The number of hydrogen-bond acceptors (Lipinski definition) is 4. The van der Waals surface area contributed by atoms with Gasteiger partial charge in [0.15, 0.2) is 5.76 Å². The lowest BCUT2D eigenvalue weighted by Crippen LogP contribution is -2.50. The van der Waals surface area contributed by atoms with Crippen molar-refractivity contribution in [3.05, 3.63) is 72.1 Å². The van der Waals surface area contributed by atoms with E-state index in [1.54, 1.807) is 0 Å². The van der Waals surface area contributed by atoms with E-state index in [2.05, 4.69) is 40.3 Å². The third kappa shape index (κ3) is 4.26. The number of nitrogens with one attached hydrogen (secondary N) is 1. The largest absolute Gasteiger partial charge is 0.451 e. The number of fused-ring (bicyclic) bond motifs is 2. The number of likely N-dealkylation sites (tertiary alicyclic amines) is 2. The molecule has 0 saturated carbocycles. The minimum Gasteiger partial charge on any atom is -0.451 e. The van der Waals surface area contributed by atoms with Crippen LogP contribution in [0.1, 0.15) is 47.7 Å². The molecule has 2 saturated heterocycles. The number of aromatic nitrogens is 1. The van der Waals surface area contributed by atoms with Crippen LogP contribution in [0.3, 0.4) is 0 Å². The summed E-state index contributed by atoms with van der Waals surface area (Å²) >= 11 is 0. The second kappa shape index (κ2) is 9.51. The molecule has 0 aliphatic carbocycles. The number of furan rings is 1. The van der Waals surface area contributed by atoms with E-state index < -0.39 is 0 Å². The minimum absolute atomic E-state index is 0.0280. The number of H-pyrrole nitrogens is 1. The molecule has 0 radical (unpaired) electrons. The van der Waals surface area contributed by atoms with Crippen molar-refractivity contribution in [2.75, 3.05) is 32.8 Å². The highest BCUT2D eigenvalue weighted by Crippen LogP contribution is 2.35. The lowest BCUT2D eigenvalue weighted by atomic mass is 9.84. The zero-order chi connectivity index (χ0) is 23.8. The number of piperidine rings is 2. The molecule has 1 unspecified atom stereocenters. The van der Waals surface area contributed by atoms with E-state index in [1.807, 2.05) is 35.2 Å². The predicted molar refractivity (Wildman–Crippen MR) is 138 cm³/mol. The fraction of sp³-hybridized carbons (Fsp3) is 0.414. The molecular weight excluding hydrogens is 438 g/mol. The molecule has 4 heterocycles. The number of hydrogen-bond donors (Lipinski definition) is 2. The summed E-state index contributed by atoms with van der Waals surface area (Å²) in [5.74, 6) is 1.36. The van der Waals surface area contributed by atoms with E-state index in [9.17, 15) is 9.90 Å². The average molecular weight is 472 g/mol. The molecule has 0 spiro atoms. The van der Waals surface area contributed by atoms with Crippen molar-refractivity contribution in [1.82, 2.24) is 14.8 Å². The summed E-state index contributed by atoms with van der Waals surface area (Å²) in [6.07, 6.45) is 6.24. The van der Waals surface area contributed by atoms with Gasteiger partial charge in [-0.25, -0.2) is 0 Å². The van der Waals surface area contributed by atoms with Crippen molar-refractivity contribution in [2.24, 2.45) is 5.92 Å². The number of para-hydroxylation sites is 2. The van der Waals surface area contributed by atoms with Gasteiger partial charge in [0.1, 0.15) is 5.58 Å². The predicted octanol–water partition coefficient (Wildman–Crippen LogP) is 5.01. The van der Waals surface area contributed by atoms with Gasteiger partial charge in [0, 0.05) is 41.6 Å². The molecule has 0 bridgehead atoms. The summed E-state index contributed by atoms with van der Waals surface area (Å²) in [4.78, 5) is 20.9. The van der Waals surface area contributed by atoms with Crippen LogP contribution in [-0.4, -0.2) is 64.6 Å². The van der Waals surface area contributed by atoms with Crippen LogP contribution in [0.25, 0.3) is 21.9 Å². The van der Waals surface area contributed by atoms with Crippen LogP contribution in [0.4, 0.5) is 0 Å². The number of nitrogens with zero attached hydrogens (tertiary/aromatic N) is 2. The van der Waals surface area contributed by atoms with Crippen molar-refractivity contribution < 1.29 is 14.3 Å². The van der Waals surface area contributed by atoms with Crippen LogP contribution in [0.5, 0.6) is 0 Å². The molecule has 6 nitrogen and oxygen atoms in total. The normalized spacial score (nSPS) is 19.5. The molecule has 1 amide bonds. The second-order valence-corrected chi connectivity index (χ2v) is 10.1. The second-order valence-electron chi connectivity index (χ2n) is 10.1. The smallest absolute Gasteiger partial charge is 0.289 e. The molecule has 2 aromatic carbocycles. The van der Waals surface area contributed by atoms with Crippen LogP contribution in [0.15, 0.2) is 65.2 Å². The van der Waals surface area contributed by atoms with Gasteiger partial charge in [-0.2, -0.15) is 0 Å². The average Bonchev–Trinajstić information content (AvgIpc) is 3.54. The van der Waals surface area contributed by atoms with Gasteiger partial charge >= 0.3 is 0 Å². The van der Waals surface area contributed by atoms with Crippen molar-refractivity contribution in [2.45, 2.75) is 37.6 Å². The van der Waals surface area contributed by atoms with Crippen molar-refractivity contribution >= 4 is 27.8 Å². The molecule has 2 aliphatic rings. The maximum Gasteiger partial charge on any atom is 0.289 e. The standard InChI is InChI=1S/C29H33N3O3/c33-19-26(31-13-9-20(10-14-31)24-18-30-25-7-3-2-6-23(24)25)21-11-15-32(16-12-21)29(34)28-17-22-5-1-4-8-27(22)35-28/h1-8,17-18,20-21,26,30,33H,9-16,19H2. The Balaban J connectivity index is 1.06. The Morgan fingerprint density at radius 2 is 1.74 bits per heavy atom.